The van der Waals surface area contributed by atoms with Crippen LogP contribution in [0.3, 0.4) is 0 Å². The minimum atomic E-state index is -3.59. The Bertz CT molecular complexity index is 1250. The van der Waals surface area contributed by atoms with Gasteiger partial charge in [-0.05, 0) is 61.0 Å². The molecule has 1 heterocycles. The number of fused-ring (bicyclic) bond motifs is 1. The van der Waals surface area contributed by atoms with Gasteiger partial charge in [-0.25, -0.2) is 13.4 Å². The SMILES string of the molecule is CC(C)(C)S(=O)(=O)Cc1nc2c(Br)cc(Br)cc2c(=O)n1-c1ccccc1Cl. The molecular formula is C19H17Br2ClN2O3S. The first-order valence-electron chi connectivity index (χ1n) is 8.30. The van der Waals surface area contributed by atoms with E-state index in [4.69, 9.17) is 11.6 Å². The summed E-state index contributed by atoms with van der Waals surface area (Å²) in [4.78, 5) is 17.9. The Balaban J connectivity index is 2.43. The van der Waals surface area contributed by atoms with Crippen molar-refractivity contribution in [1.82, 2.24) is 9.55 Å². The Morgan fingerprint density at radius 1 is 1.14 bits per heavy atom. The van der Waals surface area contributed by atoms with E-state index in [-0.39, 0.29) is 11.4 Å². The number of para-hydroxylation sites is 1. The van der Waals surface area contributed by atoms with E-state index in [1.54, 1.807) is 57.2 Å². The molecule has 1 aromatic heterocycles. The normalized spacial score (nSPS) is 12.5. The molecule has 0 fully saturated rings. The van der Waals surface area contributed by atoms with Crippen LogP contribution in [-0.4, -0.2) is 22.7 Å². The zero-order valence-electron chi connectivity index (χ0n) is 15.3. The van der Waals surface area contributed by atoms with Gasteiger partial charge in [0, 0.05) is 8.95 Å². The Kier molecular flexibility index (Phi) is 5.80. The van der Waals surface area contributed by atoms with Crippen molar-refractivity contribution in [2.24, 2.45) is 0 Å². The predicted octanol–water partition coefficient (Wildman–Crippen LogP) is 5.28. The smallest absolute Gasteiger partial charge is 0.266 e. The molecule has 9 heteroatoms. The van der Waals surface area contributed by atoms with Crippen LogP contribution >= 0.6 is 43.5 Å². The average molecular weight is 549 g/mol. The number of benzene rings is 2. The molecule has 148 valence electrons. The Morgan fingerprint density at radius 2 is 1.79 bits per heavy atom. The summed E-state index contributed by atoms with van der Waals surface area (Å²) in [5.41, 5.74) is 0.397. The highest BCUT2D eigenvalue weighted by atomic mass is 79.9. The van der Waals surface area contributed by atoms with E-state index in [0.29, 0.717) is 30.6 Å². The highest BCUT2D eigenvalue weighted by Gasteiger charge is 2.31. The first-order valence-corrected chi connectivity index (χ1v) is 11.9. The topological polar surface area (TPSA) is 69.0 Å². The first kappa shape index (κ1) is 21.5. The molecule has 3 aromatic rings. The van der Waals surface area contributed by atoms with Gasteiger partial charge >= 0.3 is 0 Å². The van der Waals surface area contributed by atoms with Crippen LogP contribution in [0.2, 0.25) is 5.02 Å². The van der Waals surface area contributed by atoms with Gasteiger partial charge in [-0.1, -0.05) is 39.7 Å². The first-order chi connectivity index (χ1) is 12.9. The summed E-state index contributed by atoms with van der Waals surface area (Å²) in [7, 11) is -3.59. The third-order valence-corrected chi connectivity index (χ3v) is 8.19. The number of nitrogens with zero attached hydrogens (tertiary/aromatic N) is 2. The number of sulfone groups is 1. The van der Waals surface area contributed by atoms with Crippen molar-refractivity contribution in [2.45, 2.75) is 31.3 Å². The second-order valence-electron chi connectivity index (χ2n) is 7.28. The van der Waals surface area contributed by atoms with Gasteiger partial charge in [-0.15, -0.1) is 0 Å². The van der Waals surface area contributed by atoms with Gasteiger partial charge in [0.05, 0.1) is 26.4 Å². The molecule has 0 bridgehead atoms. The molecule has 0 aliphatic rings. The van der Waals surface area contributed by atoms with Crippen molar-refractivity contribution in [1.29, 1.82) is 0 Å². The molecule has 5 nitrogen and oxygen atoms in total. The number of hydrogen-bond donors (Lipinski definition) is 0. The molecule has 0 radical (unpaired) electrons. The lowest BCUT2D eigenvalue weighted by Crippen LogP contribution is -2.33. The standard InChI is InChI=1S/C19H17Br2ClN2O3S/c1-19(2,3)28(26,27)10-16-23-17-12(8-11(20)9-13(17)21)18(25)24(16)15-7-5-4-6-14(15)22/h4-9H,10H2,1-3H3. The van der Waals surface area contributed by atoms with Gasteiger partial charge in [0.1, 0.15) is 11.6 Å². The largest absolute Gasteiger partial charge is 0.268 e. The molecule has 28 heavy (non-hydrogen) atoms. The molecule has 0 atom stereocenters. The van der Waals surface area contributed by atoms with E-state index in [0.717, 1.165) is 0 Å². The number of halogens is 3. The van der Waals surface area contributed by atoms with Gasteiger partial charge in [0.2, 0.25) is 0 Å². The van der Waals surface area contributed by atoms with Crippen LogP contribution in [0.5, 0.6) is 0 Å². The quantitative estimate of drug-likeness (QED) is 0.447. The minimum absolute atomic E-state index is 0.114. The van der Waals surface area contributed by atoms with Crippen molar-refractivity contribution in [3.05, 3.63) is 66.5 Å². The number of hydrogen-bond acceptors (Lipinski definition) is 4. The van der Waals surface area contributed by atoms with E-state index in [9.17, 15) is 13.2 Å². The summed E-state index contributed by atoms with van der Waals surface area (Å²) >= 11 is 13.1. The Labute approximate surface area is 184 Å². The average Bonchev–Trinajstić information content (AvgIpc) is 2.56. The van der Waals surface area contributed by atoms with Crippen LogP contribution in [0.1, 0.15) is 26.6 Å². The van der Waals surface area contributed by atoms with Crippen molar-refractivity contribution in [3.63, 3.8) is 0 Å². The van der Waals surface area contributed by atoms with E-state index < -0.39 is 20.3 Å². The second-order valence-corrected chi connectivity index (χ2v) is 12.2. The minimum Gasteiger partial charge on any atom is -0.268 e. The lowest BCUT2D eigenvalue weighted by Gasteiger charge is -2.21. The fourth-order valence-corrected chi connectivity index (χ4v) is 5.12. The molecule has 0 amide bonds. The Morgan fingerprint density at radius 3 is 2.39 bits per heavy atom. The van der Waals surface area contributed by atoms with Gasteiger partial charge in [-0.3, -0.25) is 9.36 Å². The lowest BCUT2D eigenvalue weighted by atomic mass is 10.2. The molecule has 0 aliphatic carbocycles. The molecule has 2 aromatic carbocycles. The number of rotatable bonds is 3. The molecule has 0 spiro atoms. The maximum absolute atomic E-state index is 13.4. The van der Waals surface area contributed by atoms with Gasteiger partial charge in [0.15, 0.2) is 9.84 Å². The zero-order valence-corrected chi connectivity index (χ0v) is 20.1. The third-order valence-electron chi connectivity index (χ3n) is 4.31. The highest BCUT2D eigenvalue weighted by molar-refractivity contribution is 9.11. The lowest BCUT2D eigenvalue weighted by molar-refractivity contribution is 0.557. The highest BCUT2D eigenvalue weighted by Crippen LogP contribution is 2.29. The molecule has 0 N–H and O–H groups in total. The van der Waals surface area contributed by atoms with Crippen LogP contribution in [0, 0.1) is 0 Å². The van der Waals surface area contributed by atoms with E-state index in [1.165, 1.54) is 4.57 Å². The van der Waals surface area contributed by atoms with E-state index in [1.807, 2.05) is 0 Å². The summed E-state index contributed by atoms with van der Waals surface area (Å²) in [6, 6.07) is 10.2. The van der Waals surface area contributed by atoms with Crippen molar-refractivity contribution < 1.29 is 8.42 Å². The molecule has 0 aliphatic heterocycles. The van der Waals surface area contributed by atoms with Crippen LogP contribution in [0.15, 0.2) is 50.1 Å². The zero-order chi connectivity index (χ0) is 20.9. The third kappa shape index (κ3) is 3.92. The summed E-state index contributed by atoms with van der Waals surface area (Å²) < 4.78 is 27.3. The van der Waals surface area contributed by atoms with E-state index >= 15 is 0 Å². The fraction of sp³-hybridized carbons (Fsp3) is 0.263. The molecule has 3 rings (SSSR count). The van der Waals surface area contributed by atoms with Crippen LogP contribution in [0.4, 0.5) is 0 Å². The van der Waals surface area contributed by atoms with Crippen LogP contribution in [0.25, 0.3) is 16.6 Å². The second kappa shape index (κ2) is 7.55. The number of aromatic nitrogens is 2. The van der Waals surface area contributed by atoms with E-state index in [2.05, 4.69) is 36.8 Å². The summed E-state index contributed by atoms with van der Waals surface area (Å²) in [5, 5.41) is 0.673. The van der Waals surface area contributed by atoms with Gasteiger partial charge in [0.25, 0.3) is 5.56 Å². The molecule has 0 saturated heterocycles. The summed E-state index contributed by atoms with van der Waals surface area (Å²) in [6.07, 6.45) is 0. The van der Waals surface area contributed by atoms with Crippen molar-refractivity contribution >= 4 is 64.2 Å². The molecule has 0 saturated carbocycles. The van der Waals surface area contributed by atoms with Crippen LogP contribution < -0.4 is 5.56 Å². The molecular weight excluding hydrogens is 532 g/mol. The monoisotopic (exact) mass is 546 g/mol. The maximum Gasteiger partial charge on any atom is 0.266 e. The fourth-order valence-electron chi connectivity index (χ4n) is 2.62. The predicted molar refractivity (Wildman–Crippen MR) is 120 cm³/mol. The maximum atomic E-state index is 13.4. The van der Waals surface area contributed by atoms with Gasteiger partial charge < -0.3 is 0 Å². The van der Waals surface area contributed by atoms with Gasteiger partial charge in [-0.2, -0.15) is 0 Å². The molecule has 0 unspecified atom stereocenters. The van der Waals surface area contributed by atoms with Crippen molar-refractivity contribution in [3.8, 4) is 5.69 Å². The van der Waals surface area contributed by atoms with Crippen LogP contribution in [-0.2, 0) is 15.6 Å². The van der Waals surface area contributed by atoms with Crippen molar-refractivity contribution in [2.75, 3.05) is 0 Å². The Hall–Kier alpha value is -1.22. The summed E-state index contributed by atoms with van der Waals surface area (Å²) in [6.45, 7) is 4.86. The summed E-state index contributed by atoms with van der Waals surface area (Å²) in [5.74, 6) is -0.279.